The number of carbonyl (C=O) groups excluding carboxylic acids is 1. The molecule has 0 bridgehead atoms. The molecule has 2 aromatic carbocycles. The van der Waals surface area contributed by atoms with Crippen molar-refractivity contribution >= 4 is 22.6 Å². The zero-order valence-electron chi connectivity index (χ0n) is 14.8. The van der Waals surface area contributed by atoms with Gasteiger partial charge in [0.05, 0.1) is 11.5 Å². The van der Waals surface area contributed by atoms with Gasteiger partial charge in [0, 0.05) is 28.6 Å². The number of amides is 1. The van der Waals surface area contributed by atoms with E-state index < -0.39 is 10.8 Å². The Kier molecular flexibility index (Phi) is 4.36. The van der Waals surface area contributed by atoms with Crippen molar-refractivity contribution in [2.24, 2.45) is 0 Å². The Hall–Kier alpha value is -3.94. The van der Waals surface area contributed by atoms with E-state index in [2.05, 4.69) is 10.5 Å². The van der Waals surface area contributed by atoms with Crippen LogP contribution in [0, 0.1) is 17.0 Å². The van der Waals surface area contributed by atoms with Gasteiger partial charge in [0.1, 0.15) is 11.3 Å². The lowest BCUT2D eigenvalue weighted by Crippen LogP contribution is -2.24. The smallest absolute Gasteiger partial charge is 0.273 e. The number of aromatic nitrogens is 1. The molecular formula is C20H15N3O5. The number of rotatable bonds is 5. The predicted octanol–water partition coefficient (Wildman–Crippen LogP) is 4.23. The fourth-order valence-electron chi connectivity index (χ4n) is 2.95. The van der Waals surface area contributed by atoms with Gasteiger partial charge >= 0.3 is 0 Å². The van der Waals surface area contributed by atoms with Crippen LogP contribution >= 0.6 is 0 Å². The summed E-state index contributed by atoms with van der Waals surface area (Å²) in [5, 5.41) is 18.6. The third-order valence-corrected chi connectivity index (χ3v) is 4.40. The van der Waals surface area contributed by atoms with Crippen LogP contribution in [0.1, 0.15) is 21.6 Å². The largest absolute Gasteiger partial charge is 0.453 e. The summed E-state index contributed by atoms with van der Waals surface area (Å²) in [6.07, 6.45) is 0. The Morgan fingerprint density at radius 2 is 1.96 bits per heavy atom. The number of hydrogen-bond donors (Lipinski definition) is 1. The van der Waals surface area contributed by atoms with Crippen LogP contribution in [0.15, 0.2) is 63.5 Å². The molecule has 0 atom stereocenters. The van der Waals surface area contributed by atoms with Crippen molar-refractivity contribution < 1.29 is 18.7 Å². The van der Waals surface area contributed by atoms with Crippen molar-refractivity contribution in [1.29, 1.82) is 0 Å². The molecule has 2 heterocycles. The summed E-state index contributed by atoms with van der Waals surface area (Å²) >= 11 is 0. The number of nitro benzene ring substituents is 1. The standard InChI is InChI=1S/C20H15N3O5/c1-12-15(6-4-7-16(12)23(25)26)20(24)21-11-14-10-19(28-22-14)18-9-13-5-2-3-8-17(13)27-18/h2-10H,11H2,1H3,(H,21,24). The first-order chi connectivity index (χ1) is 13.5. The zero-order valence-corrected chi connectivity index (χ0v) is 14.8. The Morgan fingerprint density at radius 1 is 1.14 bits per heavy atom. The molecule has 0 aliphatic heterocycles. The molecule has 8 nitrogen and oxygen atoms in total. The van der Waals surface area contributed by atoms with Crippen LogP contribution in [0.25, 0.3) is 22.5 Å². The second-order valence-electron chi connectivity index (χ2n) is 6.22. The van der Waals surface area contributed by atoms with E-state index in [-0.39, 0.29) is 17.8 Å². The highest BCUT2D eigenvalue weighted by atomic mass is 16.6. The first kappa shape index (κ1) is 17.5. The molecule has 140 valence electrons. The molecule has 2 aromatic heterocycles. The lowest BCUT2D eigenvalue weighted by Gasteiger charge is -2.06. The van der Waals surface area contributed by atoms with Crippen molar-refractivity contribution in [3.05, 3.63) is 81.5 Å². The van der Waals surface area contributed by atoms with Gasteiger partial charge in [-0.05, 0) is 25.1 Å². The van der Waals surface area contributed by atoms with Gasteiger partial charge in [-0.3, -0.25) is 14.9 Å². The van der Waals surface area contributed by atoms with E-state index >= 15 is 0 Å². The van der Waals surface area contributed by atoms with Crippen LogP contribution in [-0.4, -0.2) is 16.0 Å². The Bertz CT molecular complexity index is 1160. The van der Waals surface area contributed by atoms with E-state index in [9.17, 15) is 14.9 Å². The number of furan rings is 1. The topological polar surface area (TPSA) is 111 Å². The van der Waals surface area contributed by atoms with Crippen LogP contribution < -0.4 is 5.32 Å². The minimum Gasteiger partial charge on any atom is -0.453 e. The van der Waals surface area contributed by atoms with Crippen molar-refractivity contribution in [2.45, 2.75) is 13.5 Å². The number of nitro groups is 1. The molecule has 1 N–H and O–H groups in total. The van der Waals surface area contributed by atoms with Crippen LogP contribution in [-0.2, 0) is 6.54 Å². The number of nitrogens with one attached hydrogen (secondary N) is 1. The second-order valence-corrected chi connectivity index (χ2v) is 6.22. The SMILES string of the molecule is Cc1c(C(=O)NCc2cc(-c3cc4ccccc4o3)on2)cccc1[N+](=O)[O-]. The van der Waals surface area contributed by atoms with E-state index in [0.29, 0.717) is 22.8 Å². The van der Waals surface area contributed by atoms with E-state index in [1.165, 1.54) is 12.1 Å². The van der Waals surface area contributed by atoms with Crippen molar-refractivity contribution in [2.75, 3.05) is 0 Å². The molecule has 0 saturated heterocycles. The molecule has 8 heteroatoms. The first-order valence-electron chi connectivity index (χ1n) is 8.49. The van der Waals surface area contributed by atoms with Gasteiger partial charge in [-0.1, -0.05) is 29.4 Å². The molecule has 0 aliphatic carbocycles. The van der Waals surface area contributed by atoms with Gasteiger partial charge in [-0.15, -0.1) is 0 Å². The van der Waals surface area contributed by atoms with E-state index in [1.54, 1.807) is 19.1 Å². The number of hydrogen-bond acceptors (Lipinski definition) is 6. The number of para-hydroxylation sites is 1. The minimum absolute atomic E-state index is 0.0961. The van der Waals surface area contributed by atoms with Gasteiger partial charge in [0.15, 0.2) is 5.76 Å². The Morgan fingerprint density at radius 3 is 2.75 bits per heavy atom. The molecule has 0 unspecified atom stereocenters. The van der Waals surface area contributed by atoms with Crippen LogP contribution in [0.3, 0.4) is 0 Å². The van der Waals surface area contributed by atoms with Crippen LogP contribution in [0.4, 0.5) is 5.69 Å². The molecule has 0 saturated carbocycles. The highest BCUT2D eigenvalue weighted by Gasteiger charge is 2.18. The fourth-order valence-corrected chi connectivity index (χ4v) is 2.95. The summed E-state index contributed by atoms with van der Waals surface area (Å²) < 4.78 is 11.0. The van der Waals surface area contributed by atoms with Crippen LogP contribution in [0.2, 0.25) is 0 Å². The average molecular weight is 377 g/mol. The van der Waals surface area contributed by atoms with Gasteiger partial charge in [0.2, 0.25) is 5.76 Å². The summed E-state index contributed by atoms with van der Waals surface area (Å²) in [7, 11) is 0. The first-order valence-corrected chi connectivity index (χ1v) is 8.49. The van der Waals surface area contributed by atoms with Crippen LogP contribution in [0.5, 0.6) is 0 Å². The van der Waals surface area contributed by atoms with E-state index in [0.717, 1.165) is 11.0 Å². The number of carbonyl (C=O) groups is 1. The molecule has 0 aliphatic rings. The van der Waals surface area contributed by atoms with E-state index in [1.807, 2.05) is 30.3 Å². The molecule has 4 rings (SSSR count). The van der Waals surface area contributed by atoms with Gasteiger partial charge < -0.3 is 14.3 Å². The Labute approximate surface area is 158 Å². The van der Waals surface area contributed by atoms with E-state index in [4.69, 9.17) is 8.94 Å². The van der Waals surface area contributed by atoms with Gasteiger partial charge in [-0.2, -0.15) is 0 Å². The van der Waals surface area contributed by atoms with Crippen molar-refractivity contribution in [3.63, 3.8) is 0 Å². The highest BCUT2D eigenvalue weighted by molar-refractivity contribution is 5.96. The molecule has 4 aromatic rings. The molecule has 0 fully saturated rings. The summed E-state index contributed by atoms with van der Waals surface area (Å²) in [6, 6.07) is 15.5. The van der Waals surface area contributed by atoms with Gasteiger partial charge in [0.25, 0.3) is 11.6 Å². The molecule has 28 heavy (non-hydrogen) atoms. The molecule has 1 amide bonds. The predicted molar refractivity (Wildman–Crippen MR) is 101 cm³/mol. The molecular weight excluding hydrogens is 362 g/mol. The quantitative estimate of drug-likeness (QED) is 0.411. The second kappa shape index (κ2) is 6.99. The summed E-state index contributed by atoms with van der Waals surface area (Å²) in [6.45, 7) is 1.66. The third-order valence-electron chi connectivity index (χ3n) is 4.40. The Balaban J connectivity index is 1.48. The summed E-state index contributed by atoms with van der Waals surface area (Å²) in [5.74, 6) is 0.572. The number of fused-ring (bicyclic) bond motifs is 1. The van der Waals surface area contributed by atoms with Gasteiger partial charge in [-0.25, -0.2) is 0 Å². The summed E-state index contributed by atoms with van der Waals surface area (Å²) in [4.78, 5) is 22.9. The maximum atomic E-state index is 12.4. The lowest BCUT2D eigenvalue weighted by molar-refractivity contribution is -0.385. The maximum absolute atomic E-state index is 12.4. The number of benzene rings is 2. The fraction of sp³-hybridized carbons (Fsp3) is 0.100. The molecule has 0 spiro atoms. The average Bonchev–Trinajstić information content (AvgIpc) is 3.32. The monoisotopic (exact) mass is 377 g/mol. The molecule has 0 radical (unpaired) electrons. The maximum Gasteiger partial charge on any atom is 0.273 e. The zero-order chi connectivity index (χ0) is 19.7. The third kappa shape index (κ3) is 3.23. The summed E-state index contributed by atoms with van der Waals surface area (Å²) in [5.41, 5.74) is 1.71. The lowest BCUT2D eigenvalue weighted by atomic mass is 10.1. The van der Waals surface area contributed by atoms with Crippen molar-refractivity contribution in [3.8, 4) is 11.5 Å². The minimum atomic E-state index is -0.511. The van der Waals surface area contributed by atoms with Crippen molar-refractivity contribution in [1.82, 2.24) is 10.5 Å². The number of nitrogens with zero attached hydrogens (tertiary/aromatic N) is 2. The highest BCUT2D eigenvalue weighted by Crippen LogP contribution is 2.28. The normalized spacial score (nSPS) is 10.9.